The summed E-state index contributed by atoms with van der Waals surface area (Å²) >= 11 is 0. The summed E-state index contributed by atoms with van der Waals surface area (Å²) in [4.78, 5) is 23.1. The predicted octanol–water partition coefficient (Wildman–Crippen LogP) is 2.91. The molecule has 2 aromatic heterocycles. The Bertz CT molecular complexity index is 765. The van der Waals surface area contributed by atoms with Crippen molar-refractivity contribution in [1.29, 1.82) is 0 Å². The van der Waals surface area contributed by atoms with Crippen molar-refractivity contribution in [2.24, 2.45) is 0 Å². The van der Waals surface area contributed by atoms with Crippen LogP contribution in [0.2, 0.25) is 0 Å². The number of aryl methyl sites for hydroxylation is 1. The van der Waals surface area contributed by atoms with Crippen molar-refractivity contribution in [3.8, 4) is 0 Å². The van der Waals surface area contributed by atoms with Gasteiger partial charge in [0.1, 0.15) is 5.82 Å². The summed E-state index contributed by atoms with van der Waals surface area (Å²) in [6, 6.07) is 8.80. The number of aromatic amines is 1. The average molecular weight is 267 g/mol. The smallest absolute Gasteiger partial charge is 0.324 e. The Hall–Kier alpha value is -2.89. The molecular weight excluding hydrogens is 254 g/mol. The van der Waals surface area contributed by atoms with E-state index < -0.39 is 0 Å². The molecule has 0 bridgehead atoms. The fourth-order valence-electron chi connectivity index (χ4n) is 1.90. The molecule has 3 aromatic rings. The minimum Gasteiger partial charge on any atom is -0.345 e. The summed E-state index contributed by atoms with van der Waals surface area (Å²) in [5.74, 6) is 0.519. The van der Waals surface area contributed by atoms with Crippen LogP contribution in [0.1, 0.15) is 5.56 Å². The van der Waals surface area contributed by atoms with Crippen LogP contribution in [0, 0.1) is 6.92 Å². The molecule has 0 fully saturated rings. The first kappa shape index (κ1) is 12.2. The second-order valence-electron chi connectivity index (χ2n) is 4.43. The lowest BCUT2D eigenvalue weighted by atomic mass is 10.3. The number of aromatic nitrogens is 3. The molecule has 0 spiro atoms. The van der Waals surface area contributed by atoms with Gasteiger partial charge in [0.15, 0.2) is 0 Å². The highest BCUT2D eigenvalue weighted by Crippen LogP contribution is 2.16. The van der Waals surface area contributed by atoms with Gasteiger partial charge in [0, 0.05) is 11.9 Å². The number of urea groups is 1. The molecule has 0 aliphatic carbocycles. The van der Waals surface area contributed by atoms with E-state index in [9.17, 15) is 4.79 Å². The highest BCUT2D eigenvalue weighted by Gasteiger charge is 2.05. The van der Waals surface area contributed by atoms with Crippen LogP contribution < -0.4 is 10.6 Å². The van der Waals surface area contributed by atoms with Crippen LogP contribution in [-0.4, -0.2) is 21.0 Å². The molecule has 100 valence electrons. The van der Waals surface area contributed by atoms with Gasteiger partial charge in [-0.2, -0.15) is 0 Å². The summed E-state index contributed by atoms with van der Waals surface area (Å²) < 4.78 is 0. The Labute approximate surface area is 115 Å². The summed E-state index contributed by atoms with van der Waals surface area (Å²) in [5, 5.41) is 5.44. The van der Waals surface area contributed by atoms with E-state index in [1.54, 1.807) is 24.7 Å². The van der Waals surface area contributed by atoms with E-state index in [-0.39, 0.29) is 6.03 Å². The maximum Gasteiger partial charge on any atom is 0.324 e. The van der Waals surface area contributed by atoms with Crippen molar-refractivity contribution in [1.82, 2.24) is 15.0 Å². The van der Waals surface area contributed by atoms with Gasteiger partial charge in [-0.05, 0) is 42.8 Å². The monoisotopic (exact) mass is 267 g/mol. The molecule has 0 atom stereocenters. The first-order chi connectivity index (χ1) is 9.70. The minimum absolute atomic E-state index is 0.332. The quantitative estimate of drug-likeness (QED) is 0.667. The summed E-state index contributed by atoms with van der Waals surface area (Å²) in [6.45, 7) is 1.94. The van der Waals surface area contributed by atoms with Gasteiger partial charge in [0.25, 0.3) is 0 Å². The van der Waals surface area contributed by atoms with Crippen molar-refractivity contribution in [2.75, 3.05) is 10.6 Å². The Morgan fingerprint density at radius 2 is 2.05 bits per heavy atom. The molecule has 3 N–H and O–H groups in total. The van der Waals surface area contributed by atoms with Crippen LogP contribution in [0.15, 0.2) is 42.9 Å². The number of anilines is 2. The molecule has 0 saturated heterocycles. The van der Waals surface area contributed by atoms with Crippen molar-refractivity contribution in [2.45, 2.75) is 6.92 Å². The summed E-state index contributed by atoms with van der Waals surface area (Å²) in [5.41, 5.74) is 3.45. The fourth-order valence-corrected chi connectivity index (χ4v) is 1.90. The van der Waals surface area contributed by atoms with Gasteiger partial charge in [-0.25, -0.2) is 14.8 Å². The number of H-pyrrole nitrogens is 1. The third-order valence-electron chi connectivity index (χ3n) is 2.84. The molecule has 0 aliphatic heterocycles. The van der Waals surface area contributed by atoms with Crippen LogP contribution >= 0.6 is 0 Å². The number of pyridine rings is 1. The molecule has 1 aromatic carbocycles. The number of rotatable bonds is 2. The standard InChI is InChI=1S/C14H13N5O/c1-9-4-5-15-13(6-9)19-14(20)18-10-2-3-11-12(7-10)17-8-16-11/h2-8H,1H3,(H,16,17)(H2,15,18,19,20). The lowest BCUT2D eigenvalue weighted by Gasteiger charge is -2.07. The summed E-state index contributed by atoms with van der Waals surface area (Å²) in [6.07, 6.45) is 3.27. The lowest BCUT2D eigenvalue weighted by Crippen LogP contribution is -2.20. The lowest BCUT2D eigenvalue weighted by molar-refractivity contribution is 0.262. The van der Waals surface area contributed by atoms with Gasteiger partial charge in [0.2, 0.25) is 0 Å². The fraction of sp³-hybridized carbons (Fsp3) is 0.0714. The summed E-state index contributed by atoms with van der Waals surface area (Å²) in [7, 11) is 0. The van der Waals surface area contributed by atoms with Crippen LogP contribution in [0.4, 0.5) is 16.3 Å². The number of imidazole rings is 1. The molecule has 0 aliphatic rings. The van der Waals surface area contributed by atoms with E-state index in [0.717, 1.165) is 16.6 Å². The van der Waals surface area contributed by atoms with Gasteiger partial charge in [-0.1, -0.05) is 0 Å². The first-order valence-electron chi connectivity index (χ1n) is 6.14. The van der Waals surface area contributed by atoms with Gasteiger partial charge in [0.05, 0.1) is 17.4 Å². The molecule has 20 heavy (non-hydrogen) atoms. The maximum atomic E-state index is 11.9. The van der Waals surface area contributed by atoms with Crippen molar-refractivity contribution in [3.63, 3.8) is 0 Å². The highest BCUT2D eigenvalue weighted by molar-refractivity contribution is 6.00. The van der Waals surface area contributed by atoms with E-state index in [1.807, 2.05) is 25.1 Å². The zero-order valence-corrected chi connectivity index (χ0v) is 10.8. The van der Waals surface area contributed by atoms with E-state index >= 15 is 0 Å². The zero-order valence-electron chi connectivity index (χ0n) is 10.8. The topological polar surface area (TPSA) is 82.7 Å². The van der Waals surface area contributed by atoms with Crippen molar-refractivity contribution < 1.29 is 4.79 Å². The van der Waals surface area contributed by atoms with Gasteiger partial charge in [-0.15, -0.1) is 0 Å². The third-order valence-corrected chi connectivity index (χ3v) is 2.84. The largest absolute Gasteiger partial charge is 0.345 e. The Morgan fingerprint density at radius 3 is 2.90 bits per heavy atom. The molecule has 6 nitrogen and oxygen atoms in total. The first-order valence-corrected chi connectivity index (χ1v) is 6.14. The van der Waals surface area contributed by atoms with Crippen LogP contribution in [0.3, 0.4) is 0 Å². The van der Waals surface area contributed by atoms with Crippen LogP contribution in [-0.2, 0) is 0 Å². The van der Waals surface area contributed by atoms with Crippen molar-refractivity contribution >= 4 is 28.6 Å². The van der Waals surface area contributed by atoms with Crippen molar-refractivity contribution in [3.05, 3.63) is 48.4 Å². The van der Waals surface area contributed by atoms with Gasteiger partial charge >= 0.3 is 6.03 Å². The van der Waals surface area contributed by atoms with Gasteiger partial charge < -0.3 is 10.3 Å². The number of nitrogens with zero attached hydrogens (tertiary/aromatic N) is 2. The molecule has 2 heterocycles. The van der Waals surface area contributed by atoms with E-state index in [2.05, 4.69) is 25.6 Å². The highest BCUT2D eigenvalue weighted by atomic mass is 16.2. The minimum atomic E-state index is -0.332. The molecule has 0 radical (unpaired) electrons. The molecule has 0 unspecified atom stereocenters. The number of amides is 2. The normalized spacial score (nSPS) is 10.4. The van der Waals surface area contributed by atoms with E-state index in [1.165, 1.54) is 0 Å². The Kier molecular flexibility index (Phi) is 3.04. The number of nitrogens with one attached hydrogen (secondary N) is 3. The Balaban J connectivity index is 1.72. The van der Waals surface area contributed by atoms with E-state index in [4.69, 9.17) is 0 Å². The van der Waals surface area contributed by atoms with Crippen LogP contribution in [0.25, 0.3) is 11.0 Å². The molecule has 0 saturated carbocycles. The number of carbonyl (C=O) groups is 1. The molecule has 3 rings (SSSR count). The molecule has 2 amide bonds. The number of carbonyl (C=O) groups excluding carboxylic acids is 1. The molecule has 6 heteroatoms. The number of benzene rings is 1. The maximum absolute atomic E-state index is 11.9. The van der Waals surface area contributed by atoms with E-state index in [0.29, 0.717) is 11.5 Å². The van der Waals surface area contributed by atoms with Gasteiger partial charge in [-0.3, -0.25) is 5.32 Å². The Morgan fingerprint density at radius 1 is 1.15 bits per heavy atom. The second-order valence-corrected chi connectivity index (χ2v) is 4.43. The number of hydrogen-bond acceptors (Lipinski definition) is 3. The third kappa shape index (κ3) is 2.59. The second kappa shape index (κ2) is 5.00. The predicted molar refractivity (Wildman–Crippen MR) is 77.7 cm³/mol. The average Bonchev–Trinajstić information content (AvgIpc) is 2.86. The SMILES string of the molecule is Cc1ccnc(NC(=O)Nc2ccc3nc[nH]c3c2)c1. The van der Waals surface area contributed by atoms with Crippen LogP contribution in [0.5, 0.6) is 0 Å². The number of hydrogen-bond donors (Lipinski definition) is 3. The molecular formula is C14H13N5O. The zero-order chi connectivity index (χ0) is 13.9. The number of fused-ring (bicyclic) bond motifs is 1.